The summed E-state index contributed by atoms with van der Waals surface area (Å²) in [7, 11) is 0. The van der Waals surface area contributed by atoms with Crippen molar-refractivity contribution in [3.63, 3.8) is 0 Å². The first-order valence-electron chi connectivity index (χ1n) is 16.3. The molecule has 0 aromatic rings. The van der Waals surface area contributed by atoms with Crippen molar-refractivity contribution in [2.45, 2.75) is 90.6 Å². The minimum atomic E-state index is -2.12. The van der Waals surface area contributed by atoms with Crippen molar-refractivity contribution < 1.29 is 29.0 Å². The third-order valence-corrected chi connectivity index (χ3v) is 10.6. The first-order chi connectivity index (χ1) is 20.1. The second-order valence-corrected chi connectivity index (χ2v) is 13.2. The maximum absolute atomic E-state index is 7.66. The normalized spacial score (nSPS) is 37.5. The average Bonchev–Trinajstić information content (AvgIpc) is 3.55. The van der Waals surface area contributed by atoms with Crippen LogP contribution >= 0.6 is 11.8 Å². The molecule has 1 radical (unpaired) electrons. The average molecular weight is 737 g/mol. The quantitative estimate of drug-likeness (QED) is 0.266. The molecule has 219 valence electrons. The van der Waals surface area contributed by atoms with Crippen LogP contribution in [0, 0.1) is 36.2 Å². The van der Waals surface area contributed by atoms with Crippen LogP contribution in [0.1, 0.15) is 77.2 Å². The zero-order valence-corrected chi connectivity index (χ0v) is 27.3. The van der Waals surface area contributed by atoms with E-state index in [2.05, 4.69) is 74.1 Å². The van der Waals surface area contributed by atoms with Crippen LogP contribution < -0.4 is 0 Å². The molecule has 0 bridgehead atoms. The summed E-state index contributed by atoms with van der Waals surface area (Å²) in [4.78, 5) is 4.48. The van der Waals surface area contributed by atoms with E-state index in [1.807, 2.05) is 11.8 Å². The van der Waals surface area contributed by atoms with Gasteiger partial charge in [-0.15, -0.1) is 49.5 Å². The van der Waals surface area contributed by atoms with E-state index in [0.717, 1.165) is 44.0 Å². The minimum Gasteiger partial charge on any atom is -0.769 e. The number of hydrogen-bond acceptors (Lipinski definition) is 3. The molecule has 5 aliphatic heterocycles. The van der Waals surface area contributed by atoms with Gasteiger partial charge in [-0.25, -0.2) is 12.0 Å². The Kier molecular flexibility index (Phi) is 8.39. The number of hydrogen-bond donors (Lipinski definition) is 0. The monoisotopic (exact) mass is 737 g/mol. The molecule has 1 fully saturated rings. The third kappa shape index (κ3) is 6.02. The Bertz CT molecular complexity index is 1310. The van der Waals surface area contributed by atoms with Crippen LogP contribution in [0.4, 0.5) is 0 Å². The van der Waals surface area contributed by atoms with Gasteiger partial charge in [-0.1, -0.05) is 57.4 Å². The first kappa shape index (κ1) is 26.2. The van der Waals surface area contributed by atoms with Crippen LogP contribution in [0.2, 0.25) is 0 Å². The summed E-state index contributed by atoms with van der Waals surface area (Å²) in [6.07, 6.45) is 18.0. The Labute approximate surface area is 264 Å². The van der Waals surface area contributed by atoms with Crippen LogP contribution in [0.5, 0.6) is 0 Å². The smallest absolute Gasteiger partial charge is 0.175 e. The fourth-order valence-corrected chi connectivity index (χ4v) is 7.81. The summed E-state index contributed by atoms with van der Waals surface area (Å²) in [5, 5.41) is 12.1. The molecule has 0 aromatic carbocycles. The number of fused-ring (bicyclic) bond motifs is 4. The van der Waals surface area contributed by atoms with Crippen molar-refractivity contribution in [1.82, 2.24) is 0 Å². The van der Waals surface area contributed by atoms with Gasteiger partial charge in [0.05, 0.1) is 0 Å². The molecule has 1 saturated heterocycles. The fourth-order valence-electron chi connectivity index (χ4n) is 6.51. The molecule has 0 aromatic heterocycles. The van der Waals surface area contributed by atoms with E-state index in [1.54, 1.807) is 0 Å². The summed E-state index contributed by atoms with van der Waals surface area (Å²) in [5.41, 5.74) is 8.04. The van der Waals surface area contributed by atoms with Crippen molar-refractivity contribution in [3.8, 4) is 0 Å². The van der Waals surface area contributed by atoms with E-state index >= 15 is 0 Å². The molecule has 0 N–H and O–H groups in total. The summed E-state index contributed by atoms with van der Waals surface area (Å²) in [6, 6.07) is 0.0913. The number of thioether (sulfide) groups is 1. The maximum Gasteiger partial charge on any atom is 0.175 e. The molecule has 7 aliphatic rings. The second kappa shape index (κ2) is 12.8. The van der Waals surface area contributed by atoms with Gasteiger partial charge in [-0.05, 0) is 54.8 Å². The molecule has 0 spiro atoms. The summed E-state index contributed by atoms with van der Waals surface area (Å²) >= 11 is 1.84. The molecule has 2 aliphatic carbocycles. The Morgan fingerprint density at radius 1 is 1.18 bits per heavy atom. The predicted molar refractivity (Wildman–Crippen MR) is 164 cm³/mol. The molecular formula is C34H43IrN3OS-4. The van der Waals surface area contributed by atoms with Crippen LogP contribution in [0.3, 0.4) is 0 Å². The van der Waals surface area contributed by atoms with Gasteiger partial charge in [-0.3, -0.25) is 11.1 Å². The van der Waals surface area contributed by atoms with Crippen molar-refractivity contribution in [2.24, 2.45) is 28.7 Å². The van der Waals surface area contributed by atoms with Crippen molar-refractivity contribution in [2.75, 3.05) is 13.1 Å². The molecule has 3 unspecified atom stereocenters. The largest absolute Gasteiger partial charge is 0.769 e. The van der Waals surface area contributed by atoms with Crippen LogP contribution in [-0.2, 0) is 24.8 Å². The molecule has 40 heavy (non-hydrogen) atoms. The van der Waals surface area contributed by atoms with E-state index in [0.29, 0.717) is 29.2 Å². The standard InChI is InChI=1S/C20H22N2OS.C14H21N.Ir/c1-11-10-24-19-13(11)8-9-21-17(19)16-5-3-4-14-15-7-6-12(2)22-20(15)23-18(14)16;1-10-4-6-13(7-5-10)14-8-11(2)12(3)9-15-14;/h4-5,8,10,15,17,19-20H,3,6-7,9H2,1-2H3;8,10-12H,4-6,9H2,1-3H3;/q2*-2;/t15?,17-,19?,20?;10-,11+,12-;/m01./s1/i2D3;;. The van der Waals surface area contributed by atoms with E-state index in [1.165, 1.54) is 46.4 Å². The van der Waals surface area contributed by atoms with Crippen LogP contribution in [0.25, 0.3) is 10.6 Å². The topological polar surface area (TPSA) is 49.8 Å². The van der Waals surface area contributed by atoms with Crippen molar-refractivity contribution >= 4 is 17.5 Å². The molecular weight excluding hydrogens is 691 g/mol. The van der Waals surface area contributed by atoms with Gasteiger partial charge in [0.2, 0.25) is 0 Å². The maximum atomic E-state index is 7.66. The van der Waals surface area contributed by atoms with Crippen LogP contribution in [-0.4, -0.2) is 36.3 Å². The van der Waals surface area contributed by atoms with E-state index < -0.39 is 13.1 Å². The number of allylic oxidation sites excluding steroid dienone is 6. The van der Waals surface area contributed by atoms with Gasteiger partial charge in [0.15, 0.2) is 6.23 Å². The van der Waals surface area contributed by atoms with E-state index in [9.17, 15) is 0 Å². The predicted octanol–water partition coefficient (Wildman–Crippen LogP) is 8.78. The minimum absolute atomic E-state index is 0. The van der Waals surface area contributed by atoms with Gasteiger partial charge in [0.1, 0.15) is 0 Å². The number of rotatable bonds is 2. The van der Waals surface area contributed by atoms with Gasteiger partial charge in [0.25, 0.3) is 0 Å². The van der Waals surface area contributed by atoms with Gasteiger partial charge < -0.3 is 21.1 Å². The number of ether oxygens (including phenoxy) is 1. The molecule has 6 heteroatoms. The number of aliphatic imine (C=N–C) groups is 1. The second-order valence-electron chi connectivity index (χ2n) is 12.2. The Morgan fingerprint density at radius 2 is 2.05 bits per heavy atom. The van der Waals surface area contributed by atoms with Gasteiger partial charge in [-0.2, -0.15) is 11.6 Å². The Hall–Kier alpha value is -1.46. The molecule has 7 atom stereocenters. The van der Waals surface area contributed by atoms with E-state index in [-0.39, 0.29) is 32.1 Å². The van der Waals surface area contributed by atoms with E-state index in [4.69, 9.17) is 14.2 Å². The van der Waals surface area contributed by atoms with Gasteiger partial charge in [0, 0.05) is 41.1 Å². The zero-order chi connectivity index (χ0) is 29.6. The number of nitrogens with zero attached hydrogens (tertiary/aromatic N) is 3. The zero-order valence-electron chi connectivity index (χ0n) is 27.1. The van der Waals surface area contributed by atoms with Crippen molar-refractivity contribution in [1.29, 1.82) is 0 Å². The molecule has 0 amide bonds. The third-order valence-electron chi connectivity index (χ3n) is 9.26. The summed E-state index contributed by atoms with van der Waals surface area (Å²) in [6.45, 7) is 8.66. The summed E-state index contributed by atoms with van der Waals surface area (Å²) in [5.74, 6) is 3.27. The first-order valence-corrected chi connectivity index (χ1v) is 15.7. The fraction of sp³-hybridized carbons (Fsp3) is 0.588. The SMILES string of the molecule is C[C@H]1C[C-]=C(C2=C[C@H](C)[C@H](C)C[N-]2)CC1.[2H]C([2H])([2H])C1=NC2OC3=C([C@@H]4[N-]CC=C5C(C)=CSC54)[CH-]CC=C3C2CC1.[Ir]. The molecule has 4 nitrogen and oxygen atoms in total. The van der Waals surface area contributed by atoms with Gasteiger partial charge >= 0.3 is 0 Å². The Morgan fingerprint density at radius 3 is 2.83 bits per heavy atom. The molecule has 0 saturated carbocycles. The van der Waals surface area contributed by atoms with Crippen LogP contribution in [0.15, 0.2) is 68.0 Å². The van der Waals surface area contributed by atoms with Crippen molar-refractivity contribution in [3.05, 3.63) is 86.1 Å². The molecule has 7 rings (SSSR count). The molecule has 5 heterocycles. The Balaban J connectivity index is 0.000000197. The summed E-state index contributed by atoms with van der Waals surface area (Å²) < 4.78 is 29.3.